The van der Waals surface area contributed by atoms with Crippen molar-refractivity contribution >= 4 is 15.5 Å². The minimum Gasteiger partial charge on any atom is -0.399 e. The largest absolute Gasteiger partial charge is 0.399 e. The molecule has 0 aliphatic rings. The highest BCUT2D eigenvalue weighted by Crippen LogP contribution is 2.20. The van der Waals surface area contributed by atoms with Gasteiger partial charge in [-0.3, -0.25) is 0 Å². The van der Waals surface area contributed by atoms with Gasteiger partial charge in [-0.2, -0.15) is 0 Å². The predicted octanol–water partition coefficient (Wildman–Crippen LogP) is 2.59. The molecular formula is C15H17NO2S. The Bertz CT molecular complexity index is 664. The summed E-state index contributed by atoms with van der Waals surface area (Å²) in [6.45, 7) is 1.77. The molecule has 2 N–H and O–H groups in total. The van der Waals surface area contributed by atoms with Crippen LogP contribution in [-0.2, 0) is 16.3 Å². The Kier molecular flexibility index (Phi) is 3.90. The quantitative estimate of drug-likeness (QED) is 0.872. The Balaban J connectivity index is 2.19. The van der Waals surface area contributed by atoms with Crippen LogP contribution in [0.4, 0.5) is 5.69 Å². The van der Waals surface area contributed by atoms with Crippen molar-refractivity contribution in [2.75, 3.05) is 11.5 Å². The summed E-state index contributed by atoms with van der Waals surface area (Å²) >= 11 is 0. The molecule has 3 nitrogen and oxygen atoms in total. The Morgan fingerprint density at radius 2 is 1.74 bits per heavy atom. The minimum atomic E-state index is -3.26. The summed E-state index contributed by atoms with van der Waals surface area (Å²) in [6, 6.07) is 14.5. The number of nitrogens with two attached hydrogens (primary N) is 1. The second kappa shape index (κ2) is 5.45. The van der Waals surface area contributed by atoms with Gasteiger partial charge in [-0.25, -0.2) is 8.42 Å². The molecule has 0 fully saturated rings. The number of benzene rings is 2. The number of nitrogen functional groups attached to an aromatic ring is 1. The monoisotopic (exact) mass is 275 g/mol. The van der Waals surface area contributed by atoms with Crippen molar-refractivity contribution in [1.82, 2.24) is 0 Å². The highest BCUT2D eigenvalue weighted by Gasteiger charge is 2.16. The zero-order valence-electron chi connectivity index (χ0n) is 10.8. The molecule has 0 heterocycles. The molecule has 0 saturated carbocycles. The van der Waals surface area contributed by atoms with Crippen LogP contribution in [0.25, 0.3) is 0 Å². The number of hydrogen-bond acceptors (Lipinski definition) is 3. The molecule has 0 aliphatic carbocycles. The first-order valence-corrected chi connectivity index (χ1v) is 7.77. The van der Waals surface area contributed by atoms with Crippen LogP contribution in [0.1, 0.15) is 11.1 Å². The lowest BCUT2D eigenvalue weighted by Gasteiger charge is -2.08. The molecule has 0 radical (unpaired) electrons. The topological polar surface area (TPSA) is 60.2 Å². The Morgan fingerprint density at radius 1 is 1.05 bits per heavy atom. The molecule has 2 aromatic rings. The van der Waals surface area contributed by atoms with Gasteiger partial charge in [-0.05, 0) is 42.7 Å². The number of aryl methyl sites for hydroxylation is 2. The average molecular weight is 275 g/mol. The highest BCUT2D eigenvalue weighted by molar-refractivity contribution is 7.91. The van der Waals surface area contributed by atoms with E-state index in [4.69, 9.17) is 5.73 Å². The van der Waals surface area contributed by atoms with Crippen molar-refractivity contribution in [1.29, 1.82) is 0 Å². The average Bonchev–Trinajstić information content (AvgIpc) is 2.37. The molecule has 100 valence electrons. The summed E-state index contributed by atoms with van der Waals surface area (Å²) in [4.78, 5) is 0.373. The summed E-state index contributed by atoms with van der Waals surface area (Å²) in [5, 5.41) is 0. The van der Waals surface area contributed by atoms with Crippen molar-refractivity contribution in [3.05, 3.63) is 59.7 Å². The maximum absolute atomic E-state index is 12.3. The normalized spacial score (nSPS) is 11.4. The number of hydrogen-bond donors (Lipinski definition) is 1. The van der Waals surface area contributed by atoms with Gasteiger partial charge >= 0.3 is 0 Å². The van der Waals surface area contributed by atoms with Crippen LogP contribution < -0.4 is 5.73 Å². The van der Waals surface area contributed by atoms with E-state index in [0.29, 0.717) is 22.6 Å². The van der Waals surface area contributed by atoms with Crippen molar-refractivity contribution in [2.24, 2.45) is 0 Å². The third-order valence-electron chi connectivity index (χ3n) is 3.04. The summed E-state index contributed by atoms with van der Waals surface area (Å²) in [7, 11) is -3.26. The second-order valence-corrected chi connectivity index (χ2v) is 6.66. The fourth-order valence-corrected chi connectivity index (χ4v) is 3.58. The maximum atomic E-state index is 12.3. The van der Waals surface area contributed by atoms with Gasteiger partial charge in [0.2, 0.25) is 0 Å². The maximum Gasteiger partial charge on any atom is 0.178 e. The van der Waals surface area contributed by atoms with Crippen molar-refractivity contribution < 1.29 is 8.42 Å². The van der Waals surface area contributed by atoms with Gasteiger partial charge in [0.15, 0.2) is 9.84 Å². The minimum absolute atomic E-state index is 0.113. The first kappa shape index (κ1) is 13.6. The molecular weight excluding hydrogens is 258 g/mol. The van der Waals surface area contributed by atoms with E-state index < -0.39 is 9.84 Å². The first-order chi connectivity index (χ1) is 8.99. The summed E-state index contributed by atoms with van der Waals surface area (Å²) in [5.41, 5.74) is 7.95. The van der Waals surface area contributed by atoms with E-state index in [2.05, 4.69) is 0 Å². The highest BCUT2D eigenvalue weighted by atomic mass is 32.2. The molecule has 0 atom stereocenters. The zero-order chi connectivity index (χ0) is 13.9. The lowest BCUT2D eigenvalue weighted by molar-refractivity contribution is 0.594. The molecule has 0 saturated heterocycles. The van der Waals surface area contributed by atoms with Crippen molar-refractivity contribution in [2.45, 2.75) is 18.2 Å². The lowest BCUT2D eigenvalue weighted by atomic mass is 10.2. The Morgan fingerprint density at radius 3 is 2.37 bits per heavy atom. The number of sulfone groups is 1. The van der Waals surface area contributed by atoms with Crippen LogP contribution >= 0.6 is 0 Å². The van der Waals surface area contributed by atoms with Crippen LogP contribution in [0.5, 0.6) is 0 Å². The fraction of sp³-hybridized carbons (Fsp3) is 0.200. The molecule has 0 unspecified atom stereocenters. The SMILES string of the molecule is Cc1cc(N)ccc1S(=O)(=O)CCc1ccccc1. The van der Waals surface area contributed by atoms with Gasteiger partial charge in [0.25, 0.3) is 0 Å². The summed E-state index contributed by atoms with van der Waals surface area (Å²) < 4.78 is 24.6. The smallest absolute Gasteiger partial charge is 0.178 e. The second-order valence-electron chi connectivity index (χ2n) is 4.58. The third kappa shape index (κ3) is 3.35. The van der Waals surface area contributed by atoms with E-state index in [1.807, 2.05) is 30.3 Å². The van der Waals surface area contributed by atoms with Gasteiger partial charge in [0, 0.05) is 5.69 Å². The molecule has 0 aromatic heterocycles. The van der Waals surface area contributed by atoms with Gasteiger partial charge in [-0.1, -0.05) is 30.3 Å². The Hall–Kier alpha value is -1.81. The van der Waals surface area contributed by atoms with E-state index in [9.17, 15) is 8.42 Å². The standard InChI is InChI=1S/C15H17NO2S/c1-12-11-14(16)7-8-15(12)19(17,18)10-9-13-5-3-2-4-6-13/h2-8,11H,9-10,16H2,1H3. The lowest BCUT2D eigenvalue weighted by Crippen LogP contribution is -2.11. The molecule has 2 rings (SSSR count). The van der Waals surface area contributed by atoms with Crippen LogP contribution in [0.15, 0.2) is 53.4 Å². The molecule has 0 aliphatic heterocycles. The number of rotatable bonds is 4. The first-order valence-electron chi connectivity index (χ1n) is 6.12. The zero-order valence-corrected chi connectivity index (χ0v) is 11.7. The number of anilines is 1. The molecule has 4 heteroatoms. The molecule has 0 bridgehead atoms. The van der Waals surface area contributed by atoms with Gasteiger partial charge in [0.05, 0.1) is 10.6 Å². The molecule has 0 amide bonds. The van der Waals surface area contributed by atoms with Crippen LogP contribution in [0.2, 0.25) is 0 Å². The van der Waals surface area contributed by atoms with E-state index in [-0.39, 0.29) is 5.75 Å². The van der Waals surface area contributed by atoms with Gasteiger partial charge in [-0.15, -0.1) is 0 Å². The summed E-state index contributed by atoms with van der Waals surface area (Å²) in [5.74, 6) is 0.113. The van der Waals surface area contributed by atoms with Gasteiger partial charge in [0.1, 0.15) is 0 Å². The van der Waals surface area contributed by atoms with E-state index in [1.165, 1.54) is 0 Å². The molecule has 0 spiro atoms. The van der Waals surface area contributed by atoms with Crippen molar-refractivity contribution in [3.8, 4) is 0 Å². The van der Waals surface area contributed by atoms with Crippen molar-refractivity contribution in [3.63, 3.8) is 0 Å². The van der Waals surface area contributed by atoms with E-state index in [0.717, 1.165) is 5.56 Å². The van der Waals surface area contributed by atoms with E-state index in [1.54, 1.807) is 25.1 Å². The van der Waals surface area contributed by atoms with Crippen LogP contribution in [0.3, 0.4) is 0 Å². The van der Waals surface area contributed by atoms with Crippen LogP contribution in [-0.4, -0.2) is 14.2 Å². The third-order valence-corrected chi connectivity index (χ3v) is 4.91. The predicted molar refractivity (Wildman–Crippen MR) is 77.8 cm³/mol. The molecule has 19 heavy (non-hydrogen) atoms. The van der Waals surface area contributed by atoms with Crippen LogP contribution in [0, 0.1) is 6.92 Å². The van der Waals surface area contributed by atoms with Gasteiger partial charge < -0.3 is 5.73 Å². The Labute approximate surface area is 114 Å². The summed E-state index contributed by atoms with van der Waals surface area (Å²) in [6.07, 6.45) is 0.521. The fourth-order valence-electron chi connectivity index (χ4n) is 2.03. The van der Waals surface area contributed by atoms with E-state index >= 15 is 0 Å². The molecule has 2 aromatic carbocycles.